The molecule has 1 aliphatic carbocycles. The molecular formula is C28H29F2N3O5S. The third-order valence-corrected chi connectivity index (χ3v) is 8.00. The number of ether oxygens (including phenoxy) is 2. The first-order valence-electron chi connectivity index (χ1n) is 12.9. The molecule has 3 heterocycles. The monoisotopic (exact) mass is 557 g/mol. The Morgan fingerprint density at radius 1 is 1.15 bits per heavy atom. The van der Waals surface area contributed by atoms with Crippen molar-refractivity contribution in [2.45, 2.75) is 44.6 Å². The average molecular weight is 558 g/mol. The summed E-state index contributed by atoms with van der Waals surface area (Å²) in [6, 6.07) is 7.25. The first-order chi connectivity index (χ1) is 18.8. The maximum atomic E-state index is 15.5. The normalized spacial score (nSPS) is 16.6. The van der Waals surface area contributed by atoms with E-state index in [1.54, 1.807) is 18.3 Å². The quantitative estimate of drug-likeness (QED) is 0.348. The first kappa shape index (κ1) is 27.1. The zero-order chi connectivity index (χ0) is 27.5. The van der Waals surface area contributed by atoms with Gasteiger partial charge >= 0.3 is 5.97 Å². The summed E-state index contributed by atoms with van der Waals surface area (Å²) in [5.74, 6) is -2.14. The van der Waals surface area contributed by atoms with Crippen LogP contribution in [0.5, 0.6) is 5.88 Å². The van der Waals surface area contributed by atoms with Crippen LogP contribution in [0, 0.1) is 22.8 Å². The molecule has 0 spiro atoms. The van der Waals surface area contributed by atoms with Gasteiger partial charge in [0.05, 0.1) is 13.5 Å². The van der Waals surface area contributed by atoms with Crippen LogP contribution >= 0.6 is 11.3 Å². The van der Waals surface area contributed by atoms with Gasteiger partial charge in [-0.3, -0.25) is 14.5 Å². The predicted octanol–water partition coefficient (Wildman–Crippen LogP) is 5.56. The van der Waals surface area contributed by atoms with Crippen molar-refractivity contribution in [3.8, 4) is 28.3 Å². The van der Waals surface area contributed by atoms with Crippen molar-refractivity contribution in [3.63, 3.8) is 0 Å². The number of anilines is 1. The maximum absolute atomic E-state index is 15.5. The Hall–Kier alpha value is -3.44. The van der Waals surface area contributed by atoms with Crippen LogP contribution in [0.15, 0.2) is 36.5 Å². The Balaban J connectivity index is 1.48. The minimum Gasteiger partial charge on any atom is -0.481 e. The van der Waals surface area contributed by atoms with E-state index in [2.05, 4.69) is 9.97 Å². The lowest BCUT2D eigenvalue weighted by molar-refractivity contribution is -0.141. The van der Waals surface area contributed by atoms with Crippen molar-refractivity contribution in [1.29, 1.82) is 0 Å². The molecule has 2 aliphatic rings. The van der Waals surface area contributed by atoms with Crippen LogP contribution in [0.3, 0.4) is 0 Å². The zero-order valence-electron chi connectivity index (χ0n) is 21.4. The van der Waals surface area contributed by atoms with Crippen molar-refractivity contribution in [3.05, 3.63) is 47.5 Å². The number of halogens is 2. The van der Waals surface area contributed by atoms with E-state index >= 15 is 4.39 Å². The molecule has 11 heteroatoms. The number of amides is 1. The third kappa shape index (κ3) is 6.25. The lowest BCUT2D eigenvalue weighted by atomic mass is 9.86. The number of pyridine rings is 1. The van der Waals surface area contributed by atoms with Gasteiger partial charge in [0.25, 0.3) is 0 Å². The molecule has 1 atom stereocenters. The summed E-state index contributed by atoms with van der Waals surface area (Å²) in [7, 11) is 1.50. The minimum absolute atomic E-state index is 0.0713. The summed E-state index contributed by atoms with van der Waals surface area (Å²) >= 11 is 0.714. The third-order valence-electron chi connectivity index (χ3n) is 7.15. The van der Waals surface area contributed by atoms with Crippen LogP contribution in [0.2, 0.25) is 0 Å². The fourth-order valence-electron chi connectivity index (χ4n) is 5.01. The van der Waals surface area contributed by atoms with Gasteiger partial charge in [0.2, 0.25) is 16.9 Å². The molecule has 5 rings (SSSR count). The molecule has 3 aromatic rings. The summed E-state index contributed by atoms with van der Waals surface area (Å²) in [4.78, 5) is 35.6. The van der Waals surface area contributed by atoms with Crippen LogP contribution in [-0.2, 0) is 14.3 Å². The van der Waals surface area contributed by atoms with E-state index in [0.717, 1.165) is 25.7 Å². The van der Waals surface area contributed by atoms with E-state index < -0.39 is 22.8 Å². The number of thiazole rings is 1. The first-order valence-corrected chi connectivity index (χ1v) is 13.7. The SMILES string of the molecule is COc1ccc(-c2ccc(F)cc2-c2nc(N(C(=O)[C@@H](CC(=O)O)CC3CCOCC3)C3CC3)sc2F)cn1. The Morgan fingerprint density at radius 3 is 2.56 bits per heavy atom. The van der Waals surface area contributed by atoms with Gasteiger partial charge in [-0.1, -0.05) is 17.4 Å². The molecule has 1 N–H and O–H groups in total. The summed E-state index contributed by atoms with van der Waals surface area (Å²) in [5, 5.41) is 9.04. The van der Waals surface area contributed by atoms with E-state index in [1.165, 1.54) is 30.2 Å². The molecule has 206 valence electrons. The molecule has 1 amide bonds. The summed E-state index contributed by atoms with van der Waals surface area (Å²) in [6.45, 7) is 1.18. The highest BCUT2D eigenvalue weighted by molar-refractivity contribution is 7.14. The van der Waals surface area contributed by atoms with Crippen molar-refractivity contribution in [2.75, 3.05) is 25.2 Å². The second-order valence-corrected chi connectivity index (χ2v) is 10.9. The van der Waals surface area contributed by atoms with Crippen LogP contribution in [-0.4, -0.2) is 53.3 Å². The van der Waals surface area contributed by atoms with Gasteiger partial charge in [-0.05, 0) is 61.8 Å². The number of rotatable bonds is 10. The van der Waals surface area contributed by atoms with Gasteiger partial charge in [0.15, 0.2) is 5.13 Å². The Bertz CT molecular complexity index is 1340. The van der Waals surface area contributed by atoms with Gasteiger partial charge < -0.3 is 14.6 Å². The average Bonchev–Trinajstić information content (AvgIpc) is 3.69. The molecule has 0 unspecified atom stereocenters. The van der Waals surface area contributed by atoms with Crippen LogP contribution in [0.1, 0.15) is 38.5 Å². The Morgan fingerprint density at radius 2 is 1.92 bits per heavy atom. The molecule has 0 bridgehead atoms. The number of hydrogen-bond donors (Lipinski definition) is 1. The molecule has 8 nitrogen and oxygen atoms in total. The van der Waals surface area contributed by atoms with E-state index in [0.29, 0.717) is 48.0 Å². The predicted molar refractivity (Wildman–Crippen MR) is 142 cm³/mol. The second-order valence-electron chi connectivity index (χ2n) is 9.92. The largest absolute Gasteiger partial charge is 0.481 e. The molecule has 2 fully saturated rings. The van der Waals surface area contributed by atoms with Gasteiger partial charge in [-0.2, -0.15) is 4.39 Å². The number of hydrogen-bond acceptors (Lipinski definition) is 7. The van der Waals surface area contributed by atoms with Gasteiger partial charge in [-0.15, -0.1) is 0 Å². The molecule has 1 aliphatic heterocycles. The highest BCUT2D eigenvalue weighted by Gasteiger charge is 2.40. The smallest absolute Gasteiger partial charge is 0.304 e. The molecule has 39 heavy (non-hydrogen) atoms. The number of aliphatic carboxylic acids is 1. The van der Waals surface area contributed by atoms with E-state index in [4.69, 9.17) is 9.47 Å². The number of carbonyl (C=O) groups excluding carboxylic acids is 1. The van der Waals surface area contributed by atoms with E-state index in [9.17, 15) is 19.1 Å². The van der Waals surface area contributed by atoms with Crippen LogP contribution in [0.25, 0.3) is 22.4 Å². The number of carboxylic acid groups (broad SMARTS) is 1. The van der Waals surface area contributed by atoms with E-state index in [1.807, 2.05) is 0 Å². The molecule has 1 saturated heterocycles. The number of methoxy groups -OCH3 is 1. The summed E-state index contributed by atoms with van der Waals surface area (Å²) in [5.41, 5.74) is 1.30. The number of aromatic nitrogens is 2. The maximum Gasteiger partial charge on any atom is 0.304 e. The molecule has 1 saturated carbocycles. The lowest BCUT2D eigenvalue weighted by Crippen LogP contribution is -2.40. The Labute approximate surface area is 228 Å². The van der Waals surface area contributed by atoms with Crippen LogP contribution < -0.4 is 9.64 Å². The zero-order valence-corrected chi connectivity index (χ0v) is 22.3. The van der Waals surface area contributed by atoms with Crippen molar-refractivity contribution >= 4 is 28.3 Å². The summed E-state index contributed by atoms with van der Waals surface area (Å²) < 4.78 is 40.4. The Kier molecular flexibility index (Phi) is 8.18. The van der Waals surface area contributed by atoms with Crippen molar-refractivity contribution < 1.29 is 33.0 Å². The fraction of sp³-hybridized carbons (Fsp3) is 0.429. The molecule has 2 aromatic heterocycles. The number of benzene rings is 1. The van der Waals surface area contributed by atoms with E-state index in [-0.39, 0.29) is 40.7 Å². The van der Waals surface area contributed by atoms with Gasteiger partial charge in [0, 0.05) is 48.6 Å². The topological polar surface area (TPSA) is 102 Å². The van der Waals surface area contributed by atoms with Gasteiger partial charge in [-0.25, -0.2) is 14.4 Å². The standard InChI is InChI=1S/C28H29F2N3O5S/c1-37-23-7-2-17(15-31-23)21-6-3-19(29)14-22(21)25-26(30)39-28(32-25)33(20-4-5-20)27(36)18(13-24(34)35)12-16-8-10-38-11-9-16/h2-3,6-7,14-16,18,20H,4-5,8-13H2,1H3,(H,34,35)/t18-/m1/s1. The molecule has 0 radical (unpaired) electrons. The number of nitrogens with zero attached hydrogens (tertiary/aromatic N) is 3. The molecular weight excluding hydrogens is 528 g/mol. The number of carboxylic acids is 1. The minimum atomic E-state index is -1.06. The van der Waals surface area contributed by atoms with Crippen molar-refractivity contribution in [1.82, 2.24) is 9.97 Å². The fourth-order valence-corrected chi connectivity index (χ4v) is 5.90. The second kappa shape index (κ2) is 11.7. The van der Waals surface area contributed by atoms with Crippen molar-refractivity contribution in [2.24, 2.45) is 11.8 Å². The summed E-state index contributed by atoms with van der Waals surface area (Å²) in [6.07, 6.45) is 4.66. The molecule has 1 aromatic carbocycles. The number of carbonyl (C=O) groups is 2. The van der Waals surface area contributed by atoms with Gasteiger partial charge in [0.1, 0.15) is 11.5 Å². The highest BCUT2D eigenvalue weighted by Crippen LogP contribution is 2.42. The van der Waals surface area contributed by atoms with Crippen LogP contribution in [0.4, 0.5) is 13.9 Å². The lowest BCUT2D eigenvalue weighted by Gasteiger charge is -2.29. The highest BCUT2D eigenvalue weighted by atomic mass is 32.1.